The molecule has 1 aliphatic rings. The molecule has 0 amide bonds. The van der Waals surface area contributed by atoms with Crippen molar-refractivity contribution in [2.24, 2.45) is 0 Å². The van der Waals surface area contributed by atoms with Crippen molar-refractivity contribution in [3.05, 3.63) is 48.0 Å². The second-order valence-corrected chi connectivity index (χ2v) is 6.12. The topological polar surface area (TPSA) is 42.5 Å². The van der Waals surface area contributed by atoms with Crippen LogP contribution in [0.4, 0.5) is 11.4 Å². The van der Waals surface area contributed by atoms with Gasteiger partial charge in [0, 0.05) is 17.4 Å². The Bertz CT molecular complexity index is 699. The third-order valence-electron chi connectivity index (χ3n) is 3.64. The summed E-state index contributed by atoms with van der Waals surface area (Å²) in [6.45, 7) is 5.51. The molecule has 0 aromatic heterocycles. The molecule has 2 aromatic rings. The number of benzene rings is 2. The summed E-state index contributed by atoms with van der Waals surface area (Å²) < 4.78 is 11.1. The Hall–Kier alpha value is -2.27. The van der Waals surface area contributed by atoms with Crippen molar-refractivity contribution in [1.82, 2.24) is 0 Å². The lowest BCUT2D eigenvalue weighted by atomic mass is 10.0. The fraction of sp³-hybridized carbons (Fsp3) is 0.278. The van der Waals surface area contributed by atoms with Crippen LogP contribution in [-0.4, -0.2) is 18.3 Å². The monoisotopic (exact) mass is 328 g/mol. The van der Waals surface area contributed by atoms with E-state index in [4.69, 9.17) is 21.7 Å². The fourth-order valence-electron chi connectivity index (χ4n) is 2.37. The number of hydrogen-bond acceptors (Lipinski definition) is 3. The van der Waals surface area contributed by atoms with Gasteiger partial charge in [0.1, 0.15) is 13.2 Å². The van der Waals surface area contributed by atoms with Crippen LogP contribution in [0.1, 0.15) is 25.3 Å². The molecule has 4 nitrogen and oxygen atoms in total. The van der Waals surface area contributed by atoms with Gasteiger partial charge >= 0.3 is 0 Å². The van der Waals surface area contributed by atoms with Crippen LogP contribution in [0, 0.1) is 0 Å². The number of fused-ring (bicyclic) bond motifs is 1. The third kappa shape index (κ3) is 3.93. The van der Waals surface area contributed by atoms with E-state index in [-0.39, 0.29) is 0 Å². The molecule has 2 N–H and O–H groups in total. The van der Waals surface area contributed by atoms with Gasteiger partial charge in [-0.3, -0.25) is 0 Å². The van der Waals surface area contributed by atoms with Crippen molar-refractivity contribution in [2.45, 2.75) is 19.8 Å². The molecule has 1 aliphatic heterocycles. The number of hydrogen-bond donors (Lipinski definition) is 2. The lowest BCUT2D eigenvalue weighted by Gasteiger charge is -2.19. The zero-order valence-electron chi connectivity index (χ0n) is 13.3. The van der Waals surface area contributed by atoms with Crippen LogP contribution in [0.5, 0.6) is 11.5 Å². The van der Waals surface area contributed by atoms with Crippen molar-refractivity contribution >= 4 is 28.7 Å². The molecule has 120 valence electrons. The van der Waals surface area contributed by atoms with Gasteiger partial charge in [0.2, 0.25) is 0 Å². The van der Waals surface area contributed by atoms with Gasteiger partial charge in [-0.2, -0.15) is 0 Å². The summed E-state index contributed by atoms with van der Waals surface area (Å²) in [5, 5.41) is 6.89. The predicted octanol–water partition coefficient (Wildman–Crippen LogP) is 4.39. The predicted molar refractivity (Wildman–Crippen MR) is 97.8 cm³/mol. The fourth-order valence-corrected chi connectivity index (χ4v) is 2.60. The van der Waals surface area contributed by atoms with Crippen LogP contribution in [0.25, 0.3) is 0 Å². The first kappa shape index (κ1) is 15.6. The van der Waals surface area contributed by atoms with E-state index in [0.717, 1.165) is 22.9 Å². The minimum atomic E-state index is 0.520. The van der Waals surface area contributed by atoms with E-state index >= 15 is 0 Å². The zero-order valence-corrected chi connectivity index (χ0v) is 14.1. The maximum atomic E-state index is 5.57. The van der Waals surface area contributed by atoms with Crippen molar-refractivity contribution in [3.8, 4) is 11.5 Å². The van der Waals surface area contributed by atoms with E-state index in [9.17, 15) is 0 Å². The number of nitrogens with one attached hydrogen (secondary N) is 2. The Balaban J connectivity index is 1.63. The zero-order chi connectivity index (χ0) is 16.2. The molecule has 0 saturated carbocycles. The Morgan fingerprint density at radius 1 is 0.913 bits per heavy atom. The highest BCUT2D eigenvalue weighted by molar-refractivity contribution is 7.80. The van der Waals surface area contributed by atoms with Crippen LogP contribution in [0.3, 0.4) is 0 Å². The summed E-state index contributed by atoms with van der Waals surface area (Å²) >= 11 is 5.36. The molecule has 0 atom stereocenters. The van der Waals surface area contributed by atoms with Crippen LogP contribution < -0.4 is 20.1 Å². The molecule has 1 heterocycles. The van der Waals surface area contributed by atoms with Gasteiger partial charge in [0.15, 0.2) is 16.6 Å². The van der Waals surface area contributed by atoms with Crippen molar-refractivity contribution in [3.63, 3.8) is 0 Å². The third-order valence-corrected chi connectivity index (χ3v) is 3.84. The second kappa shape index (κ2) is 6.87. The molecule has 0 aliphatic carbocycles. The Kier molecular flexibility index (Phi) is 4.67. The summed E-state index contributed by atoms with van der Waals surface area (Å²) in [6.07, 6.45) is 0. The summed E-state index contributed by atoms with van der Waals surface area (Å²) in [6, 6.07) is 14.0. The standard InChI is InChI=1S/C18H20N2O2S/c1-12(2)13-3-5-14(6-4-13)19-18(23)20-15-7-8-16-17(11-15)22-10-9-21-16/h3-8,11-12H,9-10H2,1-2H3,(H2,19,20,23). The molecule has 0 bridgehead atoms. The second-order valence-electron chi connectivity index (χ2n) is 5.71. The smallest absolute Gasteiger partial charge is 0.175 e. The Morgan fingerprint density at radius 3 is 2.22 bits per heavy atom. The number of rotatable bonds is 3. The maximum Gasteiger partial charge on any atom is 0.175 e. The molecular formula is C18H20N2O2S. The minimum absolute atomic E-state index is 0.520. The average molecular weight is 328 g/mol. The van der Waals surface area contributed by atoms with Gasteiger partial charge in [-0.15, -0.1) is 0 Å². The molecule has 0 fully saturated rings. The van der Waals surface area contributed by atoms with Crippen LogP contribution in [-0.2, 0) is 0 Å². The molecule has 0 saturated heterocycles. The Labute approximate surface area is 141 Å². The average Bonchev–Trinajstić information content (AvgIpc) is 2.55. The first-order valence-electron chi connectivity index (χ1n) is 7.69. The highest BCUT2D eigenvalue weighted by atomic mass is 32.1. The van der Waals surface area contributed by atoms with Crippen molar-refractivity contribution in [2.75, 3.05) is 23.8 Å². The largest absolute Gasteiger partial charge is 0.486 e. The van der Waals surface area contributed by atoms with Gasteiger partial charge < -0.3 is 20.1 Å². The first-order chi connectivity index (χ1) is 11.1. The normalized spacial score (nSPS) is 12.8. The molecule has 3 rings (SSSR count). The highest BCUT2D eigenvalue weighted by Crippen LogP contribution is 2.32. The van der Waals surface area contributed by atoms with Gasteiger partial charge in [-0.05, 0) is 48.0 Å². The SMILES string of the molecule is CC(C)c1ccc(NC(=S)Nc2ccc3c(c2)OCCO3)cc1. The van der Waals surface area contributed by atoms with E-state index < -0.39 is 0 Å². The summed E-state index contributed by atoms with van der Waals surface area (Å²) in [7, 11) is 0. The minimum Gasteiger partial charge on any atom is -0.486 e. The molecule has 5 heteroatoms. The molecule has 2 aromatic carbocycles. The molecule has 0 unspecified atom stereocenters. The lowest BCUT2D eigenvalue weighted by molar-refractivity contribution is 0.171. The molecule has 0 radical (unpaired) electrons. The number of ether oxygens (including phenoxy) is 2. The van der Waals surface area contributed by atoms with Gasteiger partial charge in [0.05, 0.1) is 0 Å². The summed E-state index contributed by atoms with van der Waals surface area (Å²) in [4.78, 5) is 0. The van der Waals surface area contributed by atoms with Gasteiger partial charge in [-0.1, -0.05) is 26.0 Å². The summed E-state index contributed by atoms with van der Waals surface area (Å²) in [5.74, 6) is 2.03. The van der Waals surface area contributed by atoms with E-state index in [2.05, 4.69) is 36.6 Å². The van der Waals surface area contributed by atoms with Crippen molar-refractivity contribution < 1.29 is 9.47 Å². The van der Waals surface area contributed by atoms with E-state index in [0.29, 0.717) is 24.2 Å². The van der Waals surface area contributed by atoms with E-state index in [1.54, 1.807) is 0 Å². The van der Waals surface area contributed by atoms with Crippen molar-refractivity contribution in [1.29, 1.82) is 0 Å². The molecule has 23 heavy (non-hydrogen) atoms. The molecule has 0 spiro atoms. The van der Waals surface area contributed by atoms with Gasteiger partial charge in [0.25, 0.3) is 0 Å². The van der Waals surface area contributed by atoms with E-state index in [1.165, 1.54) is 5.56 Å². The van der Waals surface area contributed by atoms with Gasteiger partial charge in [-0.25, -0.2) is 0 Å². The highest BCUT2D eigenvalue weighted by Gasteiger charge is 2.12. The number of thiocarbonyl (C=S) groups is 1. The summed E-state index contributed by atoms with van der Waals surface area (Å²) in [5.41, 5.74) is 3.14. The quantitative estimate of drug-likeness (QED) is 0.818. The first-order valence-corrected chi connectivity index (χ1v) is 8.10. The number of anilines is 2. The molecular weight excluding hydrogens is 308 g/mol. The lowest BCUT2D eigenvalue weighted by Crippen LogP contribution is -2.20. The maximum absolute atomic E-state index is 5.57. The van der Waals surface area contributed by atoms with Crippen LogP contribution in [0.15, 0.2) is 42.5 Å². The van der Waals surface area contributed by atoms with Crippen LogP contribution in [0.2, 0.25) is 0 Å². The van der Waals surface area contributed by atoms with E-state index in [1.807, 2.05) is 30.3 Å². The van der Waals surface area contributed by atoms with Crippen LogP contribution >= 0.6 is 12.2 Å². The Morgan fingerprint density at radius 2 is 1.52 bits per heavy atom.